The van der Waals surface area contributed by atoms with E-state index >= 15 is 0 Å². The van der Waals surface area contributed by atoms with Gasteiger partial charge in [0, 0.05) is 44.1 Å². The summed E-state index contributed by atoms with van der Waals surface area (Å²) in [6.07, 6.45) is 3.92. The molecule has 0 aliphatic heterocycles. The second-order valence-electron chi connectivity index (χ2n) is 6.12. The molecule has 25 heavy (non-hydrogen) atoms. The maximum Gasteiger partial charge on any atom is 0.194 e. The minimum absolute atomic E-state index is 0.628. The van der Waals surface area contributed by atoms with Crippen LogP contribution < -0.4 is 5.32 Å². The SMILES string of the molecule is CCNC(=NCc1ccnc2ccccc12)N(C)Cc1cccn1C. The third kappa shape index (κ3) is 3.99. The van der Waals surface area contributed by atoms with E-state index in [1.807, 2.05) is 30.5 Å². The molecule has 0 fully saturated rings. The van der Waals surface area contributed by atoms with Gasteiger partial charge in [-0.15, -0.1) is 0 Å². The number of fused-ring (bicyclic) bond motifs is 1. The number of nitrogens with one attached hydrogen (secondary N) is 1. The molecule has 5 heteroatoms. The van der Waals surface area contributed by atoms with Crippen molar-refractivity contribution in [2.45, 2.75) is 20.0 Å². The third-order valence-electron chi connectivity index (χ3n) is 4.29. The molecular weight excluding hydrogens is 310 g/mol. The van der Waals surface area contributed by atoms with Gasteiger partial charge in [0.05, 0.1) is 18.6 Å². The highest BCUT2D eigenvalue weighted by atomic mass is 15.3. The van der Waals surface area contributed by atoms with Crippen molar-refractivity contribution in [3.05, 3.63) is 66.1 Å². The van der Waals surface area contributed by atoms with Gasteiger partial charge in [-0.3, -0.25) is 4.98 Å². The Balaban J connectivity index is 1.80. The molecule has 2 heterocycles. The lowest BCUT2D eigenvalue weighted by atomic mass is 10.1. The van der Waals surface area contributed by atoms with Crippen LogP contribution in [0.5, 0.6) is 0 Å². The number of benzene rings is 1. The van der Waals surface area contributed by atoms with E-state index in [2.05, 4.69) is 65.2 Å². The van der Waals surface area contributed by atoms with Crippen molar-refractivity contribution in [1.82, 2.24) is 19.8 Å². The van der Waals surface area contributed by atoms with E-state index in [1.165, 1.54) is 11.3 Å². The Morgan fingerprint density at radius 1 is 1.20 bits per heavy atom. The number of aromatic nitrogens is 2. The van der Waals surface area contributed by atoms with Crippen molar-refractivity contribution < 1.29 is 0 Å². The Hall–Kier alpha value is -2.82. The normalized spacial score (nSPS) is 11.7. The minimum atomic E-state index is 0.628. The van der Waals surface area contributed by atoms with Crippen LogP contribution >= 0.6 is 0 Å². The number of nitrogens with zero attached hydrogens (tertiary/aromatic N) is 4. The van der Waals surface area contributed by atoms with Gasteiger partial charge in [-0.25, -0.2) is 4.99 Å². The van der Waals surface area contributed by atoms with Crippen LogP contribution in [0.1, 0.15) is 18.2 Å². The van der Waals surface area contributed by atoms with Gasteiger partial charge in [-0.05, 0) is 36.8 Å². The highest BCUT2D eigenvalue weighted by Crippen LogP contribution is 2.17. The predicted molar refractivity (Wildman–Crippen MR) is 103 cm³/mol. The molecule has 0 spiro atoms. The van der Waals surface area contributed by atoms with E-state index in [1.54, 1.807) is 0 Å². The summed E-state index contributed by atoms with van der Waals surface area (Å²) in [6.45, 7) is 4.37. The number of aryl methyl sites for hydroxylation is 1. The number of hydrogen-bond donors (Lipinski definition) is 1. The Labute approximate surface area is 149 Å². The molecule has 0 atom stereocenters. The Morgan fingerprint density at radius 3 is 2.80 bits per heavy atom. The summed E-state index contributed by atoms with van der Waals surface area (Å²) in [5.41, 5.74) is 3.45. The van der Waals surface area contributed by atoms with Crippen molar-refractivity contribution in [1.29, 1.82) is 0 Å². The van der Waals surface area contributed by atoms with E-state index in [9.17, 15) is 0 Å². The van der Waals surface area contributed by atoms with Gasteiger partial charge in [0.25, 0.3) is 0 Å². The summed E-state index contributed by atoms with van der Waals surface area (Å²) < 4.78 is 2.14. The average Bonchev–Trinajstić information content (AvgIpc) is 3.03. The van der Waals surface area contributed by atoms with Crippen LogP contribution in [0.15, 0.2) is 59.9 Å². The maximum atomic E-state index is 4.84. The molecule has 0 aliphatic rings. The molecule has 0 saturated carbocycles. The van der Waals surface area contributed by atoms with Crippen LogP contribution in [0, 0.1) is 0 Å². The number of rotatable bonds is 5. The lowest BCUT2D eigenvalue weighted by Gasteiger charge is -2.22. The molecule has 2 aromatic heterocycles. The summed E-state index contributed by atoms with van der Waals surface area (Å²) in [5, 5.41) is 4.55. The fraction of sp³-hybridized carbons (Fsp3) is 0.300. The fourth-order valence-electron chi connectivity index (χ4n) is 2.90. The highest BCUT2D eigenvalue weighted by molar-refractivity contribution is 5.83. The zero-order chi connectivity index (χ0) is 17.6. The van der Waals surface area contributed by atoms with E-state index in [-0.39, 0.29) is 0 Å². The lowest BCUT2D eigenvalue weighted by molar-refractivity contribution is 0.462. The first-order chi connectivity index (χ1) is 12.2. The van der Waals surface area contributed by atoms with Gasteiger partial charge in [-0.2, -0.15) is 0 Å². The van der Waals surface area contributed by atoms with Gasteiger partial charge in [0.2, 0.25) is 0 Å². The van der Waals surface area contributed by atoms with Gasteiger partial charge in [-0.1, -0.05) is 18.2 Å². The molecule has 0 amide bonds. The van der Waals surface area contributed by atoms with Crippen LogP contribution in [0.3, 0.4) is 0 Å². The summed E-state index contributed by atoms with van der Waals surface area (Å²) in [4.78, 5) is 11.4. The van der Waals surface area contributed by atoms with E-state index < -0.39 is 0 Å². The quantitative estimate of drug-likeness (QED) is 0.575. The summed E-state index contributed by atoms with van der Waals surface area (Å²) in [7, 11) is 4.13. The molecule has 0 unspecified atom stereocenters. The molecule has 0 bridgehead atoms. The van der Waals surface area contributed by atoms with Gasteiger partial charge >= 0.3 is 0 Å². The molecule has 0 saturated heterocycles. The molecule has 1 N–H and O–H groups in total. The van der Waals surface area contributed by atoms with Crippen molar-refractivity contribution in [3.8, 4) is 0 Å². The number of aliphatic imine (C=N–C) groups is 1. The minimum Gasteiger partial charge on any atom is -0.357 e. The van der Waals surface area contributed by atoms with Gasteiger partial charge < -0.3 is 14.8 Å². The Kier molecular flexibility index (Phi) is 5.33. The fourth-order valence-corrected chi connectivity index (χ4v) is 2.90. The van der Waals surface area contributed by atoms with E-state index in [0.717, 1.165) is 30.0 Å². The largest absolute Gasteiger partial charge is 0.357 e. The predicted octanol–water partition coefficient (Wildman–Crippen LogP) is 3.17. The zero-order valence-electron chi connectivity index (χ0n) is 15.1. The second kappa shape index (κ2) is 7.83. The molecule has 3 aromatic rings. The molecule has 130 valence electrons. The lowest BCUT2D eigenvalue weighted by Crippen LogP contribution is -2.38. The highest BCUT2D eigenvalue weighted by Gasteiger charge is 2.09. The molecule has 0 aliphatic carbocycles. The van der Waals surface area contributed by atoms with E-state index in [0.29, 0.717) is 6.54 Å². The first-order valence-corrected chi connectivity index (χ1v) is 8.61. The first-order valence-electron chi connectivity index (χ1n) is 8.61. The van der Waals surface area contributed by atoms with E-state index in [4.69, 9.17) is 4.99 Å². The third-order valence-corrected chi connectivity index (χ3v) is 4.29. The van der Waals surface area contributed by atoms with Crippen LogP contribution in [0.25, 0.3) is 10.9 Å². The molecule has 5 nitrogen and oxygen atoms in total. The number of hydrogen-bond acceptors (Lipinski definition) is 2. The smallest absolute Gasteiger partial charge is 0.194 e. The van der Waals surface area contributed by atoms with Crippen molar-refractivity contribution in [2.24, 2.45) is 12.0 Å². The monoisotopic (exact) mass is 335 g/mol. The zero-order valence-corrected chi connectivity index (χ0v) is 15.1. The summed E-state index contributed by atoms with van der Waals surface area (Å²) in [5.74, 6) is 0.907. The van der Waals surface area contributed by atoms with Crippen molar-refractivity contribution >= 4 is 16.9 Å². The van der Waals surface area contributed by atoms with Gasteiger partial charge in [0.1, 0.15) is 0 Å². The first kappa shape index (κ1) is 17.0. The number of guanidine groups is 1. The van der Waals surface area contributed by atoms with Crippen LogP contribution in [0.4, 0.5) is 0 Å². The standard InChI is InChI=1S/C20H25N5/c1-4-21-20(25(3)15-17-8-7-13-24(17)2)23-14-16-11-12-22-19-10-6-5-9-18(16)19/h5-13H,4,14-15H2,1-3H3,(H,21,23). The van der Waals surface area contributed by atoms with Crippen LogP contribution in [0.2, 0.25) is 0 Å². The average molecular weight is 335 g/mol. The van der Waals surface area contributed by atoms with Crippen molar-refractivity contribution in [2.75, 3.05) is 13.6 Å². The number of pyridine rings is 1. The van der Waals surface area contributed by atoms with Crippen molar-refractivity contribution in [3.63, 3.8) is 0 Å². The maximum absolute atomic E-state index is 4.84. The summed E-state index contributed by atoms with van der Waals surface area (Å²) in [6, 6.07) is 14.5. The number of para-hydroxylation sites is 1. The second-order valence-corrected chi connectivity index (χ2v) is 6.12. The topological polar surface area (TPSA) is 45.5 Å². The van der Waals surface area contributed by atoms with Crippen LogP contribution in [-0.2, 0) is 20.1 Å². The Bertz CT molecular complexity index is 860. The van der Waals surface area contributed by atoms with Crippen LogP contribution in [-0.4, -0.2) is 34.0 Å². The molecular formula is C20H25N5. The Morgan fingerprint density at radius 2 is 2.04 bits per heavy atom. The molecule has 3 rings (SSSR count). The molecule has 0 radical (unpaired) electrons. The van der Waals surface area contributed by atoms with Gasteiger partial charge in [0.15, 0.2) is 5.96 Å². The summed E-state index contributed by atoms with van der Waals surface area (Å²) >= 11 is 0. The molecule has 1 aromatic carbocycles.